The van der Waals surface area contributed by atoms with Gasteiger partial charge in [-0.15, -0.1) is 5.10 Å². The molecule has 0 aliphatic carbocycles. The molecule has 0 aliphatic heterocycles. The number of aryl methyl sites for hydroxylation is 1. The van der Waals surface area contributed by atoms with Crippen molar-refractivity contribution in [2.24, 2.45) is 0 Å². The molecule has 10 heteroatoms. The highest BCUT2D eigenvalue weighted by Gasteiger charge is 2.33. The van der Waals surface area contributed by atoms with E-state index in [0.29, 0.717) is 16.8 Å². The second-order valence-corrected chi connectivity index (χ2v) is 8.30. The van der Waals surface area contributed by atoms with Crippen molar-refractivity contribution in [3.63, 3.8) is 0 Å². The van der Waals surface area contributed by atoms with Gasteiger partial charge in [-0.2, -0.15) is 4.98 Å². The molecular weight excluding hydrogens is 444 g/mol. The van der Waals surface area contributed by atoms with Crippen LogP contribution in [-0.4, -0.2) is 42.9 Å². The number of anilines is 1. The molecule has 4 aromatic rings. The minimum absolute atomic E-state index is 0.0801. The van der Waals surface area contributed by atoms with Crippen LogP contribution in [0.3, 0.4) is 0 Å². The van der Waals surface area contributed by atoms with Gasteiger partial charge >= 0.3 is 0 Å². The van der Waals surface area contributed by atoms with Crippen LogP contribution in [0, 0.1) is 18.6 Å². The summed E-state index contributed by atoms with van der Waals surface area (Å²) in [5.74, 6) is -1.90. The van der Waals surface area contributed by atoms with E-state index in [0.717, 1.165) is 12.1 Å². The molecule has 2 unspecified atom stereocenters. The summed E-state index contributed by atoms with van der Waals surface area (Å²) in [6.45, 7) is 2.54. The minimum atomic E-state index is -1.80. The Bertz CT molecular complexity index is 1370. The van der Waals surface area contributed by atoms with Gasteiger partial charge in [-0.3, -0.25) is 4.79 Å². The Balaban J connectivity index is 1.57. The fourth-order valence-electron chi connectivity index (χ4n) is 3.69. The molecule has 0 spiro atoms. The highest BCUT2D eigenvalue weighted by atomic mass is 19.1. The second kappa shape index (κ2) is 8.81. The number of nitrogens with two attached hydrogens (primary N) is 1. The first-order valence-electron chi connectivity index (χ1n) is 10.4. The molecule has 0 saturated heterocycles. The number of hydrogen-bond acceptors (Lipinski definition) is 6. The largest absolute Gasteiger partial charge is 0.385 e. The molecule has 0 fully saturated rings. The van der Waals surface area contributed by atoms with Crippen LogP contribution in [-0.2, 0) is 0 Å². The standard InChI is InChI=1S/C24H23F2N5O3/c1-13-3-8-17(15-9-10-31-18(11-15)29-23(27)30-31)20(26)19(13)22(33)28-12-24(2,34)21(32)14-4-6-16(25)7-5-14/h3-11,21,32,34H,12H2,1-2H3,(H2,27,30)(H,28,33). The number of pyridine rings is 1. The Morgan fingerprint density at radius 3 is 2.62 bits per heavy atom. The van der Waals surface area contributed by atoms with Crippen LogP contribution in [0.4, 0.5) is 14.7 Å². The van der Waals surface area contributed by atoms with Crippen molar-refractivity contribution in [1.82, 2.24) is 19.9 Å². The van der Waals surface area contributed by atoms with E-state index in [-0.39, 0.29) is 29.2 Å². The van der Waals surface area contributed by atoms with Crippen molar-refractivity contribution in [2.75, 3.05) is 12.3 Å². The van der Waals surface area contributed by atoms with Crippen molar-refractivity contribution in [2.45, 2.75) is 25.6 Å². The molecule has 34 heavy (non-hydrogen) atoms. The van der Waals surface area contributed by atoms with E-state index in [9.17, 15) is 19.4 Å². The van der Waals surface area contributed by atoms with Crippen molar-refractivity contribution in [1.29, 1.82) is 0 Å². The van der Waals surface area contributed by atoms with Gasteiger partial charge in [0.2, 0.25) is 5.95 Å². The lowest BCUT2D eigenvalue weighted by Gasteiger charge is -2.29. The van der Waals surface area contributed by atoms with Gasteiger partial charge in [0.15, 0.2) is 5.65 Å². The Hall–Kier alpha value is -3.89. The monoisotopic (exact) mass is 467 g/mol. The number of nitrogen functional groups attached to an aromatic ring is 1. The molecule has 1 amide bonds. The first-order valence-corrected chi connectivity index (χ1v) is 10.4. The molecule has 0 saturated carbocycles. The fourth-order valence-corrected chi connectivity index (χ4v) is 3.69. The Morgan fingerprint density at radius 1 is 1.21 bits per heavy atom. The van der Waals surface area contributed by atoms with Gasteiger partial charge in [0.1, 0.15) is 23.3 Å². The van der Waals surface area contributed by atoms with Gasteiger partial charge in [0.05, 0.1) is 5.56 Å². The lowest BCUT2D eigenvalue weighted by atomic mass is 9.92. The van der Waals surface area contributed by atoms with Crippen LogP contribution >= 0.6 is 0 Å². The lowest BCUT2D eigenvalue weighted by Crippen LogP contribution is -2.45. The number of amides is 1. The molecule has 5 N–H and O–H groups in total. The number of carbonyl (C=O) groups excluding carboxylic acids is 1. The van der Waals surface area contributed by atoms with Crippen molar-refractivity contribution in [3.05, 3.63) is 83.1 Å². The number of nitrogens with one attached hydrogen (secondary N) is 1. The molecule has 2 aromatic carbocycles. The molecule has 0 bridgehead atoms. The number of carbonyl (C=O) groups is 1. The van der Waals surface area contributed by atoms with E-state index in [4.69, 9.17) is 5.73 Å². The van der Waals surface area contributed by atoms with Crippen molar-refractivity contribution in [3.8, 4) is 11.1 Å². The van der Waals surface area contributed by atoms with Crippen LogP contribution in [0.1, 0.15) is 34.5 Å². The van der Waals surface area contributed by atoms with Gasteiger partial charge in [-0.1, -0.05) is 24.3 Å². The number of fused-ring (bicyclic) bond motifs is 1. The van der Waals surface area contributed by atoms with E-state index in [1.807, 2.05) is 0 Å². The zero-order chi connectivity index (χ0) is 24.6. The number of nitrogens with zero attached hydrogens (tertiary/aromatic N) is 3. The number of rotatable bonds is 6. The summed E-state index contributed by atoms with van der Waals surface area (Å²) >= 11 is 0. The lowest BCUT2D eigenvalue weighted by molar-refractivity contribution is -0.0606. The maximum atomic E-state index is 15.5. The van der Waals surface area contributed by atoms with Gasteiger partial charge < -0.3 is 21.3 Å². The van der Waals surface area contributed by atoms with Crippen LogP contribution in [0.25, 0.3) is 16.8 Å². The smallest absolute Gasteiger partial charge is 0.254 e. The van der Waals surface area contributed by atoms with E-state index in [1.165, 1.54) is 23.6 Å². The molecule has 0 radical (unpaired) electrons. The zero-order valence-electron chi connectivity index (χ0n) is 18.5. The topological polar surface area (TPSA) is 126 Å². The van der Waals surface area contributed by atoms with Crippen molar-refractivity contribution < 1.29 is 23.8 Å². The van der Waals surface area contributed by atoms with Gasteiger partial charge in [0, 0.05) is 18.3 Å². The van der Waals surface area contributed by atoms with E-state index in [1.54, 1.807) is 37.4 Å². The van der Waals surface area contributed by atoms with E-state index >= 15 is 4.39 Å². The first kappa shape index (κ1) is 23.3. The highest BCUT2D eigenvalue weighted by Crippen LogP contribution is 2.29. The molecule has 4 rings (SSSR count). The maximum Gasteiger partial charge on any atom is 0.254 e. The average molecular weight is 467 g/mol. The van der Waals surface area contributed by atoms with Crippen LogP contribution in [0.5, 0.6) is 0 Å². The fraction of sp³-hybridized carbons (Fsp3) is 0.208. The van der Waals surface area contributed by atoms with Gasteiger partial charge in [0.25, 0.3) is 5.91 Å². The number of halogens is 2. The van der Waals surface area contributed by atoms with Crippen molar-refractivity contribution >= 4 is 17.5 Å². The molecule has 0 aliphatic rings. The average Bonchev–Trinajstić information content (AvgIpc) is 3.17. The van der Waals surface area contributed by atoms with E-state index < -0.39 is 29.2 Å². The summed E-state index contributed by atoms with van der Waals surface area (Å²) < 4.78 is 30.1. The number of aromatic nitrogens is 3. The number of aliphatic hydroxyl groups excluding tert-OH is 1. The summed E-state index contributed by atoms with van der Waals surface area (Å²) in [5.41, 5.74) is 5.36. The third kappa shape index (κ3) is 4.45. The van der Waals surface area contributed by atoms with Gasteiger partial charge in [-0.05, 0) is 54.8 Å². The summed E-state index contributed by atoms with van der Waals surface area (Å²) in [5, 5.41) is 27.7. The predicted octanol–water partition coefficient (Wildman–Crippen LogP) is 2.78. The molecule has 2 aromatic heterocycles. The molecule has 2 atom stereocenters. The highest BCUT2D eigenvalue weighted by molar-refractivity contribution is 5.97. The Morgan fingerprint density at radius 2 is 1.91 bits per heavy atom. The van der Waals surface area contributed by atoms with E-state index in [2.05, 4.69) is 15.4 Å². The minimum Gasteiger partial charge on any atom is -0.385 e. The molecule has 8 nitrogen and oxygen atoms in total. The normalized spacial score (nSPS) is 14.1. The Labute approximate surface area is 193 Å². The number of benzene rings is 2. The number of hydrogen-bond donors (Lipinski definition) is 4. The predicted molar refractivity (Wildman–Crippen MR) is 122 cm³/mol. The maximum absolute atomic E-state index is 15.5. The quantitative estimate of drug-likeness (QED) is 0.346. The van der Waals surface area contributed by atoms with Crippen LogP contribution in [0.15, 0.2) is 54.7 Å². The summed E-state index contributed by atoms with van der Waals surface area (Å²) in [6, 6.07) is 11.4. The van der Waals surface area contributed by atoms with Crippen LogP contribution in [0.2, 0.25) is 0 Å². The molecule has 2 heterocycles. The third-order valence-corrected chi connectivity index (χ3v) is 5.62. The number of aliphatic hydroxyl groups is 2. The molecular formula is C24H23F2N5O3. The summed E-state index contributed by atoms with van der Waals surface area (Å²) in [4.78, 5) is 17.0. The Kier molecular flexibility index (Phi) is 6.03. The SMILES string of the molecule is Cc1ccc(-c2ccn3nc(N)nc3c2)c(F)c1C(=O)NCC(C)(O)C(O)c1ccc(F)cc1. The zero-order valence-corrected chi connectivity index (χ0v) is 18.5. The van der Waals surface area contributed by atoms with Gasteiger partial charge in [-0.25, -0.2) is 13.3 Å². The molecule has 176 valence electrons. The summed E-state index contributed by atoms with van der Waals surface area (Å²) in [6.07, 6.45) is 0.175. The first-order chi connectivity index (χ1) is 16.1. The summed E-state index contributed by atoms with van der Waals surface area (Å²) in [7, 11) is 0. The second-order valence-electron chi connectivity index (χ2n) is 8.30. The van der Waals surface area contributed by atoms with Crippen LogP contribution < -0.4 is 11.1 Å². The third-order valence-electron chi connectivity index (χ3n) is 5.62.